The number of aliphatic hydroxyl groups is 2. The lowest BCUT2D eigenvalue weighted by molar-refractivity contribution is -0.143. The number of hydrogen-bond acceptors (Lipinski definition) is 5. The van der Waals surface area contributed by atoms with E-state index in [0.29, 0.717) is 19.4 Å². The Hall–Kier alpha value is -2.18. The molecule has 2 unspecified atom stereocenters. The fourth-order valence-electron chi connectivity index (χ4n) is 9.48. The average molecular weight is 997 g/mol. The molecule has 0 aliphatic carbocycles. The molecule has 0 aromatic heterocycles. The van der Waals surface area contributed by atoms with Crippen molar-refractivity contribution in [1.82, 2.24) is 5.32 Å². The van der Waals surface area contributed by atoms with E-state index in [-0.39, 0.29) is 18.5 Å². The van der Waals surface area contributed by atoms with Gasteiger partial charge in [0.05, 0.1) is 25.4 Å². The standard InChI is InChI=1S/C65H121NO5/c1-3-5-7-9-11-13-15-17-19-21-22-23-24-26-29-33-37-41-45-49-53-57-63(68)62(61-67)66-64(69)58-54-50-46-42-38-34-30-27-25-28-32-36-40-44-48-52-56-60-71-65(70)59-55-51-47-43-39-35-31-20-18-16-14-12-10-8-6-4-2/h14,16,20,25,28,31,53,57,62-63,67-68H,3-13,15,17-19,21-24,26-27,29-30,32-52,54-56,58-61H2,1-2H3,(H,66,69)/b16-14-,28-25-,31-20-,57-53+. The summed E-state index contributed by atoms with van der Waals surface area (Å²) in [5, 5.41) is 23.2. The number of rotatable bonds is 58. The highest BCUT2D eigenvalue weighted by molar-refractivity contribution is 5.76. The van der Waals surface area contributed by atoms with Crippen LogP contribution in [0.5, 0.6) is 0 Å². The molecule has 0 aliphatic heterocycles. The van der Waals surface area contributed by atoms with E-state index in [2.05, 4.69) is 55.6 Å². The monoisotopic (exact) mass is 996 g/mol. The van der Waals surface area contributed by atoms with Gasteiger partial charge >= 0.3 is 5.97 Å². The van der Waals surface area contributed by atoms with E-state index in [1.165, 1.54) is 238 Å². The molecule has 0 fully saturated rings. The van der Waals surface area contributed by atoms with Crippen molar-refractivity contribution in [2.75, 3.05) is 13.2 Å². The second kappa shape index (κ2) is 60.4. The lowest BCUT2D eigenvalue weighted by Gasteiger charge is -2.20. The summed E-state index contributed by atoms with van der Waals surface area (Å²) in [5.74, 6) is -0.0948. The first-order valence-corrected chi connectivity index (χ1v) is 31.4. The lowest BCUT2D eigenvalue weighted by Crippen LogP contribution is -2.45. The van der Waals surface area contributed by atoms with Crippen LogP contribution in [0.3, 0.4) is 0 Å². The van der Waals surface area contributed by atoms with Crippen molar-refractivity contribution >= 4 is 11.9 Å². The van der Waals surface area contributed by atoms with Crippen LogP contribution in [0.15, 0.2) is 48.6 Å². The fourth-order valence-corrected chi connectivity index (χ4v) is 9.48. The molecule has 0 saturated heterocycles. The molecule has 0 heterocycles. The summed E-state index contributed by atoms with van der Waals surface area (Å²) >= 11 is 0. The van der Waals surface area contributed by atoms with Gasteiger partial charge in [-0.15, -0.1) is 0 Å². The third-order valence-electron chi connectivity index (χ3n) is 14.3. The molecule has 0 aliphatic rings. The topological polar surface area (TPSA) is 95.9 Å². The summed E-state index contributed by atoms with van der Waals surface area (Å²) in [6.07, 6.45) is 77.1. The molecule has 1 amide bonds. The molecule has 0 rings (SSSR count). The number of esters is 1. The number of unbranched alkanes of at least 4 members (excludes halogenated alkanes) is 41. The molecule has 2 atom stereocenters. The van der Waals surface area contributed by atoms with Crippen molar-refractivity contribution in [3.05, 3.63) is 48.6 Å². The molecule has 0 aromatic rings. The molecule has 0 aromatic carbocycles. The highest BCUT2D eigenvalue weighted by Crippen LogP contribution is 2.17. The summed E-state index contributed by atoms with van der Waals surface area (Å²) in [6, 6.07) is -0.639. The highest BCUT2D eigenvalue weighted by atomic mass is 16.5. The largest absolute Gasteiger partial charge is 0.466 e. The Balaban J connectivity index is 3.50. The number of amides is 1. The number of carbonyl (C=O) groups excluding carboxylic acids is 2. The van der Waals surface area contributed by atoms with Gasteiger partial charge in [0, 0.05) is 12.8 Å². The first-order valence-electron chi connectivity index (χ1n) is 31.4. The highest BCUT2D eigenvalue weighted by Gasteiger charge is 2.18. The molecule has 0 spiro atoms. The van der Waals surface area contributed by atoms with Crippen molar-refractivity contribution in [3.63, 3.8) is 0 Å². The fraction of sp³-hybridized carbons (Fsp3) is 0.846. The molecule has 71 heavy (non-hydrogen) atoms. The number of carbonyl (C=O) groups is 2. The Morgan fingerprint density at radius 1 is 0.394 bits per heavy atom. The zero-order valence-electron chi connectivity index (χ0n) is 47.5. The summed E-state index contributed by atoms with van der Waals surface area (Å²) < 4.78 is 5.47. The SMILES string of the molecule is CCCCCC/C=C\C/C=C\CCCCCCCC(=O)OCCCCCCCC/C=C\CCCCCCCCCC(=O)NC(CO)C(O)/C=C/CCCCCCCCCCCCCCCCCCCCC. The third kappa shape index (κ3) is 57.0. The molecule has 6 heteroatoms. The van der Waals surface area contributed by atoms with Crippen LogP contribution in [0.4, 0.5) is 0 Å². The van der Waals surface area contributed by atoms with Gasteiger partial charge in [-0.1, -0.05) is 274 Å². The number of nitrogens with one attached hydrogen (secondary N) is 1. The third-order valence-corrected chi connectivity index (χ3v) is 14.3. The zero-order chi connectivity index (χ0) is 51.4. The molecular formula is C65H121NO5. The first kappa shape index (κ1) is 68.8. The van der Waals surface area contributed by atoms with Crippen molar-refractivity contribution in [2.45, 2.75) is 341 Å². The maximum absolute atomic E-state index is 12.5. The first-order chi connectivity index (χ1) is 35.0. The Bertz CT molecular complexity index is 1190. The van der Waals surface area contributed by atoms with E-state index in [4.69, 9.17) is 4.74 Å². The number of aliphatic hydroxyl groups excluding tert-OH is 2. The van der Waals surface area contributed by atoms with Gasteiger partial charge in [-0.05, 0) is 89.9 Å². The van der Waals surface area contributed by atoms with Crippen LogP contribution >= 0.6 is 0 Å². The molecule has 0 radical (unpaired) electrons. The summed E-state index contributed by atoms with van der Waals surface area (Å²) in [7, 11) is 0. The minimum atomic E-state index is -0.855. The van der Waals surface area contributed by atoms with Crippen LogP contribution in [0.25, 0.3) is 0 Å². The Morgan fingerprint density at radius 3 is 1.10 bits per heavy atom. The predicted molar refractivity (Wildman–Crippen MR) is 310 cm³/mol. The Morgan fingerprint density at radius 2 is 0.704 bits per heavy atom. The van der Waals surface area contributed by atoms with E-state index < -0.39 is 12.1 Å². The maximum Gasteiger partial charge on any atom is 0.305 e. The normalized spacial score (nSPS) is 12.9. The van der Waals surface area contributed by atoms with E-state index >= 15 is 0 Å². The van der Waals surface area contributed by atoms with Gasteiger partial charge < -0.3 is 20.3 Å². The molecule has 0 bridgehead atoms. The van der Waals surface area contributed by atoms with E-state index in [1.54, 1.807) is 6.08 Å². The number of allylic oxidation sites excluding steroid dienone is 7. The van der Waals surface area contributed by atoms with Crippen LogP contribution in [-0.2, 0) is 14.3 Å². The summed E-state index contributed by atoms with van der Waals surface area (Å²) in [4.78, 5) is 24.6. The van der Waals surface area contributed by atoms with Gasteiger partial charge in [0.2, 0.25) is 5.91 Å². The maximum atomic E-state index is 12.5. The minimum Gasteiger partial charge on any atom is -0.466 e. The van der Waals surface area contributed by atoms with E-state index in [9.17, 15) is 19.8 Å². The molecule has 0 saturated carbocycles. The minimum absolute atomic E-state index is 0.0162. The zero-order valence-corrected chi connectivity index (χ0v) is 47.5. The summed E-state index contributed by atoms with van der Waals surface area (Å²) in [6.45, 7) is 4.87. The Kier molecular flexibility index (Phi) is 58.5. The van der Waals surface area contributed by atoms with E-state index in [0.717, 1.165) is 64.2 Å². The van der Waals surface area contributed by atoms with Crippen LogP contribution in [-0.4, -0.2) is 47.4 Å². The molecule has 416 valence electrons. The van der Waals surface area contributed by atoms with Crippen molar-refractivity contribution in [1.29, 1.82) is 0 Å². The van der Waals surface area contributed by atoms with Gasteiger partial charge in [0.1, 0.15) is 0 Å². The van der Waals surface area contributed by atoms with Crippen molar-refractivity contribution in [2.24, 2.45) is 0 Å². The van der Waals surface area contributed by atoms with Crippen LogP contribution in [0, 0.1) is 0 Å². The lowest BCUT2D eigenvalue weighted by atomic mass is 10.0. The predicted octanol–water partition coefficient (Wildman–Crippen LogP) is 19.7. The van der Waals surface area contributed by atoms with Crippen LogP contribution in [0.2, 0.25) is 0 Å². The summed E-state index contributed by atoms with van der Waals surface area (Å²) in [5.41, 5.74) is 0. The Labute approximate surface area is 442 Å². The molecule has 6 nitrogen and oxygen atoms in total. The van der Waals surface area contributed by atoms with Gasteiger partial charge in [-0.2, -0.15) is 0 Å². The molecule has 3 N–H and O–H groups in total. The van der Waals surface area contributed by atoms with Crippen LogP contribution in [0.1, 0.15) is 328 Å². The average Bonchev–Trinajstić information content (AvgIpc) is 3.37. The number of ether oxygens (including phenoxy) is 1. The van der Waals surface area contributed by atoms with E-state index in [1.807, 2.05) is 6.08 Å². The van der Waals surface area contributed by atoms with Gasteiger partial charge in [-0.25, -0.2) is 0 Å². The second-order valence-corrected chi connectivity index (χ2v) is 21.4. The quantitative estimate of drug-likeness (QED) is 0.0321. The van der Waals surface area contributed by atoms with Crippen LogP contribution < -0.4 is 5.32 Å². The van der Waals surface area contributed by atoms with Crippen molar-refractivity contribution in [3.8, 4) is 0 Å². The van der Waals surface area contributed by atoms with Gasteiger partial charge in [0.25, 0.3) is 0 Å². The second-order valence-electron chi connectivity index (χ2n) is 21.4. The molecular weight excluding hydrogens is 875 g/mol. The van der Waals surface area contributed by atoms with Crippen molar-refractivity contribution < 1.29 is 24.5 Å². The van der Waals surface area contributed by atoms with Gasteiger partial charge in [-0.3, -0.25) is 9.59 Å². The smallest absolute Gasteiger partial charge is 0.305 e. The number of hydrogen-bond donors (Lipinski definition) is 3. The van der Waals surface area contributed by atoms with Gasteiger partial charge in [0.15, 0.2) is 0 Å².